The van der Waals surface area contributed by atoms with Crippen molar-refractivity contribution >= 4 is 40.3 Å². The van der Waals surface area contributed by atoms with Gasteiger partial charge in [-0.2, -0.15) is 18.3 Å². The van der Waals surface area contributed by atoms with Gasteiger partial charge in [0.2, 0.25) is 0 Å². The van der Waals surface area contributed by atoms with E-state index in [-0.39, 0.29) is 10.8 Å². The van der Waals surface area contributed by atoms with E-state index in [4.69, 9.17) is 23.8 Å². The van der Waals surface area contributed by atoms with Crippen LogP contribution < -0.4 is 10.6 Å². The van der Waals surface area contributed by atoms with E-state index < -0.39 is 11.7 Å². The Hall–Kier alpha value is -2.58. The summed E-state index contributed by atoms with van der Waals surface area (Å²) >= 11 is 11.3. The normalized spacial score (nSPS) is 11.3. The maximum absolute atomic E-state index is 12.8. The van der Waals surface area contributed by atoms with Crippen molar-refractivity contribution in [1.29, 1.82) is 0 Å². The monoisotopic (exact) mass is 410 g/mol. The van der Waals surface area contributed by atoms with Crippen molar-refractivity contribution < 1.29 is 13.2 Å². The van der Waals surface area contributed by atoms with Crippen LogP contribution in [0.3, 0.4) is 0 Å². The van der Waals surface area contributed by atoms with Crippen molar-refractivity contribution in [2.75, 3.05) is 10.6 Å². The molecule has 0 aliphatic rings. The minimum Gasteiger partial charge on any atom is -0.332 e. The fourth-order valence-corrected chi connectivity index (χ4v) is 2.81. The molecule has 0 fully saturated rings. The lowest BCUT2D eigenvalue weighted by Gasteiger charge is -2.11. The van der Waals surface area contributed by atoms with Crippen LogP contribution in [-0.4, -0.2) is 14.9 Å². The first-order valence-corrected chi connectivity index (χ1v) is 8.61. The largest absolute Gasteiger partial charge is 0.416 e. The van der Waals surface area contributed by atoms with E-state index >= 15 is 0 Å². The van der Waals surface area contributed by atoms with Crippen LogP contribution in [0.4, 0.5) is 24.5 Å². The van der Waals surface area contributed by atoms with Gasteiger partial charge in [0, 0.05) is 16.9 Å². The number of alkyl halides is 3. The average Bonchev–Trinajstić information content (AvgIpc) is 3.03. The lowest BCUT2D eigenvalue weighted by atomic mass is 10.2. The Labute approximate surface area is 164 Å². The van der Waals surface area contributed by atoms with Gasteiger partial charge in [-0.25, -0.2) is 0 Å². The van der Waals surface area contributed by atoms with Crippen molar-refractivity contribution in [2.24, 2.45) is 0 Å². The summed E-state index contributed by atoms with van der Waals surface area (Å²) in [5.74, 6) is 0. The number of nitrogens with one attached hydrogen (secondary N) is 2. The summed E-state index contributed by atoms with van der Waals surface area (Å²) in [4.78, 5) is 0. The summed E-state index contributed by atoms with van der Waals surface area (Å²) in [5, 5.41) is 10.6. The molecule has 140 valence electrons. The summed E-state index contributed by atoms with van der Waals surface area (Å²) in [5.41, 5.74) is 1.01. The second kappa shape index (κ2) is 7.98. The van der Waals surface area contributed by atoms with Gasteiger partial charge < -0.3 is 10.6 Å². The number of rotatable bonds is 4. The maximum atomic E-state index is 12.8. The van der Waals surface area contributed by atoms with Gasteiger partial charge in [0.05, 0.1) is 24.0 Å². The van der Waals surface area contributed by atoms with Gasteiger partial charge in [-0.05, 0) is 42.0 Å². The zero-order valence-electron chi connectivity index (χ0n) is 13.8. The van der Waals surface area contributed by atoms with Crippen molar-refractivity contribution in [2.45, 2.75) is 12.7 Å². The first-order valence-electron chi connectivity index (χ1n) is 7.82. The lowest BCUT2D eigenvalue weighted by Crippen LogP contribution is -2.19. The zero-order chi connectivity index (χ0) is 19.4. The number of benzene rings is 2. The Kier molecular flexibility index (Phi) is 5.67. The zero-order valence-corrected chi connectivity index (χ0v) is 15.4. The number of hydrogen-bond acceptors (Lipinski definition) is 2. The van der Waals surface area contributed by atoms with Gasteiger partial charge in [0.25, 0.3) is 0 Å². The number of nitrogens with zero attached hydrogens (tertiary/aromatic N) is 2. The number of aromatic nitrogens is 2. The molecule has 1 aromatic heterocycles. The SMILES string of the molecule is FC(F)(F)c1cccc(NC(=S)Nc2cnn(Cc3ccccc3Cl)c2)c1. The fraction of sp³-hybridized carbons (Fsp3) is 0.111. The first kappa shape index (κ1) is 19.2. The molecule has 0 aliphatic carbocycles. The van der Waals surface area contributed by atoms with E-state index in [0.717, 1.165) is 17.7 Å². The van der Waals surface area contributed by atoms with Crippen molar-refractivity contribution in [3.63, 3.8) is 0 Å². The van der Waals surface area contributed by atoms with Gasteiger partial charge in [0.1, 0.15) is 0 Å². The third-order valence-electron chi connectivity index (χ3n) is 3.63. The lowest BCUT2D eigenvalue weighted by molar-refractivity contribution is -0.137. The fourth-order valence-electron chi connectivity index (χ4n) is 2.38. The molecule has 0 saturated heterocycles. The van der Waals surface area contributed by atoms with Crippen molar-refractivity contribution in [3.05, 3.63) is 77.1 Å². The van der Waals surface area contributed by atoms with Crippen LogP contribution in [0, 0.1) is 0 Å². The van der Waals surface area contributed by atoms with Crippen LogP contribution in [0.25, 0.3) is 0 Å². The first-order chi connectivity index (χ1) is 12.8. The Morgan fingerprint density at radius 3 is 2.56 bits per heavy atom. The molecular weight excluding hydrogens is 397 g/mol. The van der Waals surface area contributed by atoms with E-state index in [1.54, 1.807) is 23.1 Å². The predicted octanol–water partition coefficient (Wildman–Crippen LogP) is 5.41. The van der Waals surface area contributed by atoms with Crippen LogP contribution in [-0.2, 0) is 12.7 Å². The molecule has 0 spiro atoms. The predicted molar refractivity (Wildman–Crippen MR) is 104 cm³/mol. The Morgan fingerprint density at radius 2 is 1.81 bits per heavy atom. The van der Waals surface area contributed by atoms with E-state index in [1.165, 1.54) is 12.1 Å². The van der Waals surface area contributed by atoms with Gasteiger partial charge in [-0.1, -0.05) is 35.9 Å². The quantitative estimate of drug-likeness (QED) is 0.564. The molecule has 0 aliphatic heterocycles. The summed E-state index contributed by atoms with van der Waals surface area (Å²) in [6.07, 6.45) is -1.12. The topological polar surface area (TPSA) is 41.9 Å². The van der Waals surface area contributed by atoms with Crippen LogP contribution in [0.5, 0.6) is 0 Å². The maximum Gasteiger partial charge on any atom is 0.416 e. The Balaban J connectivity index is 1.62. The molecule has 3 rings (SSSR count). The molecule has 0 bridgehead atoms. The molecule has 4 nitrogen and oxygen atoms in total. The van der Waals surface area contributed by atoms with Gasteiger partial charge in [0.15, 0.2) is 5.11 Å². The second-order valence-corrected chi connectivity index (χ2v) is 6.49. The number of thiocarbonyl (C=S) groups is 1. The van der Waals surface area contributed by atoms with E-state index in [1.807, 2.05) is 18.2 Å². The molecule has 3 aromatic rings. The van der Waals surface area contributed by atoms with Crippen molar-refractivity contribution in [3.8, 4) is 0 Å². The minimum absolute atomic E-state index is 0.159. The highest BCUT2D eigenvalue weighted by atomic mass is 35.5. The molecule has 27 heavy (non-hydrogen) atoms. The molecule has 9 heteroatoms. The van der Waals surface area contributed by atoms with E-state index in [9.17, 15) is 13.2 Å². The van der Waals surface area contributed by atoms with Crippen LogP contribution in [0.1, 0.15) is 11.1 Å². The summed E-state index contributed by atoms with van der Waals surface area (Å²) in [7, 11) is 0. The summed E-state index contributed by atoms with van der Waals surface area (Å²) in [6, 6.07) is 12.2. The molecule has 0 saturated carbocycles. The smallest absolute Gasteiger partial charge is 0.332 e. The second-order valence-electron chi connectivity index (χ2n) is 5.68. The average molecular weight is 411 g/mol. The molecule has 0 atom stereocenters. The Bertz CT molecular complexity index is 956. The van der Waals surface area contributed by atoms with Crippen LogP contribution >= 0.6 is 23.8 Å². The number of hydrogen-bond donors (Lipinski definition) is 2. The highest BCUT2D eigenvalue weighted by Crippen LogP contribution is 2.30. The third kappa shape index (κ3) is 5.21. The standard InChI is InChI=1S/C18H14ClF3N4S/c19-16-7-2-1-4-12(16)10-26-11-15(9-23-26)25-17(27)24-14-6-3-5-13(8-14)18(20,21)22/h1-9,11H,10H2,(H2,24,25,27). The molecule has 0 radical (unpaired) electrons. The highest BCUT2D eigenvalue weighted by Gasteiger charge is 2.30. The highest BCUT2D eigenvalue weighted by molar-refractivity contribution is 7.80. The molecule has 0 amide bonds. The van der Waals surface area contributed by atoms with E-state index in [2.05, 4.69) is 15.7 Å². The summed E-state index contributed by atoms with van der Waals surface area (Å²) in [6.45, 7) is 0.481. The van der Waals surface area contributed by atoms with Gasteiger partial charge >= 0.3 is 6.18 Å². The molecular formula is C18H14ClF3N4S. The van der Waals surface area contributed by atoms with Crippen LogP contribution in [0.15, 0.2) is 60.9 Å². The molecule has 0 unspecified atom stereocenters. The van der Waals surface area contributed by atoms with E-state index in [0.29, 0.717) is 17.3 Å². The molecule has 2 N–H and O–H groups in total. The number of halogens is 4. The Morgan fingerprint density at radius 1 is 1.07 bits per heavy atom. The van der Waals surface area contributed by atoms with Crippen LogP contribution in [0.2, 0.25) is 5.02 Å². The summed E-state index contributed by atoms with van der Waals surface area (Å²) < 4.78 is 40.0. The molecule has 2 aromatic carbocycles. The van der Waals surface area contributed by atoms with Gasteiger partial charge in [-0.15, -0.1) is 0 Å². The third-order valence-corrected chi connectivity index (χ3v) is 4.20. The van der Waals surface area contributed by atoms with Gasteiger partial charge in [-0.3, -0.25) is 4.68 Å². The van der Waals surface area contributed by atoms with Crippen molar-refractivity contribution in [1.82, 2.24) is 9.78 Å². The molecule has 1 heterocycles. The minimum atomic E-state index is -4.41. The number of anilines is 2.